The van der Waals surface area contributed by atoms with Crippen LogP contribution in [0, 0.1) is 23.0 Å². The van der Waals surface area contributed by atoms with E-state index in [1.807, 2.05) is 13.0 Å². The Balaban J connectivity index is 2.80. The van der Waals surface area contributed by atoms with Crippen LogP contribution in [-0.4, -0.2) is 11.5 Å². The average Bonchev–Trinajstić information content (AvgIpc) is 2.19. The first kappa shape index (κ1) is 12.5. The highest BCUT2D eigenvalue weighted by molar-refractivity contribution is 5.65. The molecule has 0 radical (unpaired) electrons. The number of anilines is 1. The van der Waals surface area contributed by atoms with E-state index in [9.17, 15) is 10.1 Å². The highest BCUT2D eigenvalue weighted by Gasteiger charge is 2.14. The van der Waals surface area contributed by atoms with Gasteiger partial charge in [0.15, 0.2) is 0 Å². The van der Waals surface area contributed by atoms with Crippen LogP contribution in [-0.2, 0) is 0 Å². The van der Waals surface area contributed by atoms with Crippen LogP contribution in [0.4, 0.5) is 11.4 Å². The third-order valence-corrected chi connectivity index (χ3v) is 2.47. The molecule has 0 atom stereocenters. The maximum absolute atomic E-state index is 10.8. The van der Waals surface area contributed by atoms with E-state index in [0.29, 0.717) is 11.6 Å². The largest absolute Gasteiger partial charge is 0.379 e. The summed E-state index contributed by atoms with van der Waals surface area (Å²) >= 11 is 0. The van der Waals surface area contributed by atoms with Gasteiger partial charge < -0.3 is 5.32 Å². The van der Waals surface area contributed by atoms with Crippen LogP contribution in [0.25, 0.3) is 0 Å². The van der Waals surface area contributed by atoms with E-state index in [2.05, 4.69) is 19.2 Å². The van der Waals surface area contributed by atoms with Gasteiger partial charge in [-0.15, -0.1) is 0 Å². The zero-order valence-corrected chi connectivity index (χ0v) is 9.99. The smallest absolute Gasteiger partial charge is 0.292 e. The molecule has 0 fully saturated rings. The maximum Gasteiger partial charge on any atom is 0.292 e. The Labute approximate surface area is 95.8 Å². The third-order valence-electron chi connectivity index (χ3n) is 2.47. The lowest BCUT2D eigenvalue weighted by Crippen LogP contribution is -2.08. The summed E-state index contributed by atoms with van der Waals surface area (Å²) in [5.74, 6) is 0.593. The summed E-state index contributed by atoms with van der Waals surface area (Å²) in [5, 5.41) is 14.0. The van der Waals surface area contributed by atoms with Gasteiger partial charge in [-0.1, -0.05) is 26.0 Å². The van der Waals surface area contributed by atoms with E-state index in [-0.39, 0.29) is 10.6 Å². The van der Waals surface area contributed by atoms with Crippen molar-refractivity contribution in [1.82, 2.24) is 0 Å². The first-order chi connectivity index (χ1) is 7.52. The highest BCUT2D eigenvalue weighted by atomic mass is 16.6. The van der Waals surface area contributed by atoms with Gasteiger partial charge in [0.2, 0.25) is 0 Å². The molecule has 0 spiro atoms. The number of para-hydroxylation sites is 1. The van der Waals surface area contributed by atoms with Crippen molar-refractivity contribution in [1.29, 1.82) is 0 Å². The van der Waals surface area contributed by atoms with E-state index in [4.69, 9.17) is 0 Å². The number of nitro groups is 1. The van der Waals surface area contributed by atoms with Crippen LogP contribution >= 0.6 is 0 Å². The minimum absolute atomic E-state index is 0.156. The molecule has 4 heteroatoms. The zero-order chi connectivity index (χ0) is 12.1. The van der Waals surface area contributed by atoms with Crippen molar-refractivity contribution in [2.24, 2.45) is 5.92 Å². The average molecular weight is 222 g/mol. The summed E-state index contributed by atoms with van der Waals surface area (Å²) in [4.78, 5) is 10.5. The Kier molecular flexibility index (Phi) is 4.28. The molecule has 0 aliphatic carbocycles. The quantitative estimate of drug-likeness (QED) is 0.614. The van der Waals surface area contributed by atoms with Gasteiger partial charge in [0.05, 0.1) is 4.92 Å². The summed E-state index contributed by atoms with van der Waals surface area (Å²) < 4.78 is 0. The highest BCUT2D eigenvalue weighted by Crippen LogP contribution is 2.27. The van der Waals surface area contributed by atoms with Gasteiger partial charge in [0.1, 0.15) is 5.69 Å². The van der Waals surface area contributed by atoms with Gasteiger partial charge in [-0.3, -0.25) is 10.1 Å². The summed E-state index contributed by atoms with van der Waals surface area (Å²) in [7, 11) is 0. The molecular weight excluding hydrogens is 204 g/mol. The summed E-state index contributed by atoms with van der Waals surface area (Å²) in [6, 6.07) is 5.12. The van der Waals surface area contributed by atoms with Gasteiger partial charge in [0, 0.05) is 12.6 Å². The first-order valence-electron chi connectivity index (χ1n) is 5.50. The Hall–Kier alpha value is -1.58. The van der Waals surface area contributed by atoms with Gasteiger partial charge in [-0.05, 0) is 24.8 Å². The van der Waals surface area contributed by atoms with E-state index in [0.717, 1.165) is 18.5 Å². The van der Waals surface area contributed by atoms with Gasteiger partial charge in [0.25, 0.3) is 5.69 Å². The second kappa shape index (κ2) is 5.49. The van der Waals surface area contributed by atoms with E-state index < -0.39 is 0 Å². The predicted octanol–water partition coefficient (Wildman–Crippen LogP) is 3.36. The molecule has 0 bridgehead atoms. The first-order valence-corrected chi connectivity index (χ1v) is 5.50. The SMILES string of the molecule is Cc1cccc([N+](=O)[O-])c1NCCC(C)C. The Morgan fingerprint density at radius 3 is 2.69 bits per heavy atom. The fraction of sp³-hybridized carbons (Fsp3) is 0.500. The molecule has 0 aromatic heterocycles. The fourth-order valence-electron chi connectivity index (χ4n) is 1.52. The fourth-order valence-corrected chi connectivity index (χ4v) is 1.52. The number of nitrogens with one attached hydrogen (secondary N) is 1. The number of nitrogens with zero attached hydrogens (tertiary/aromatic N) is 1. The lowest BCUT2D eigenvalue weighted by atomic mass is 10.1. The number of rotatable bonds is 5. The molecule has 0 aliphatic rings. The summed E-state index contributed by atoms with van der Waals surface area (Å²) in [6.45, 7) is 6.91. The molecule has 1 aromatic rings. The molecule has 0 saturated heterocycles. The molecule has 0 saturated carbocycles. The number of aryl methyl sites for hydroxylation is 1. The topological polar surface area (TPSA) is 55.2 Å². The summed E-state index contributed by atoms with van der Waals surface area (Å²) in [6.07, 6.45) is 1.01. The predicted molar refractivity (Wildman–Crippen MR) is 65.8 cm³/mol. The van der Waals surface area contributed by atoms with Crippen LogP contribution < -0.4 is 5.32 Å². The van der Waals surface area contributed by atoms with Crippen molar-refractivity contribution < 1.29 is 4.92 Å². The molecule has 1 rings (SSSR count). The van der Waals surface area contributed by atoms with Crippen molar-refractivity contribution in [3.05, 3.63) is 33.9 Å². The van der Waals surface area contributed by atoms with Crippen LogP contribution in [0.2, 0.25) is 0 Å². The molecule has 0 amide bonds. The van der Waals surface area contributed by atoms with E-state index >= 15 is 0 Å². The minimum atomic E-state index is -0.343. The number of benzene rings is 1. The van der Waals surface area contributed by atoms with Crippen LogP contribution in [0.5, 0.6) is 0 Å². The minimum Gasteiger partial charge on any atom is -0.379 e. The molecule has 0 heterocycles. The molecule has 1 aromatic carbocycles. The van der Waals surface area contributed by atoms with Crippen molar-refractivity contribution >= 4 is 11.4 Å². The van der Waals surface area contributed by atoms with Crippen molar-refractivity contribution in [2.45, 2.75) is 27.2 Å². The summed E-state index contributed by atoms with van der Waals surface area (Å²) in [5.41, 5.74) is 1.72. The molecule has 1 N–H and O–H groups in total. The normalized spacial score (nSPS) is 10.5. The van der Waals surface area contributed by atoms with Gasteiger partial charge >= 0.3 is 0 Å². The van der Waals surface area contributed by atoms with Crippen LogP contribution in [0.3, 0.4) is 0 Å². The molecule has 88 valence electrons. The van der Waals surface area contributed by atoms with Crippen molar-refractivity contribution in [3.8, 4) is 0 Å². The van der Waals surface area contributed by atoms with Gasteiger partial charge in [-0.25, -0.2) is 0 Å². The lowest BCUT2D eigenvalue weighted by molar-refractivity contribution is -0.384. The van der Waals surface area contributed by atoms with E-state index in [1.165, 1.54) is 6.07 Å². The van der Waals surface area contributed by atoms with Crippen molar-refractivity contribution in [3.63, 3.8) is 0 Å². The Morgan fingerprint density at radius 2 is 2.12 bits per heavy atom. The molecule has 0 aliphatic heterocycles. The van der Waals surface area contributed by atoms with Crippen molar-refractivity contribution in [2.75, 3.05) is 11.9 Å². The lowest BCUT2D eigenvalue weighted by Gasteiger charge is -2.10. The molecule has 4 nitrogen and oxygen atoms in total. The van der Waals surface area contributed by atoms with Gasteiger partial charge in [-0.2, -0.15) is 0 Å². The number of hydrogen-bond donors (Lipinski definition) is 1. The third kappa shape index (κ3) is 3.22. The zero-order valence-electron chi connectivity index (χ0n) is 9.99. The second-order valence-electron chi connectivity index (χ2n) is 4.34. The van der Waals surface area contributed by atoms with Crippen LogP contribution in [0.15, 0.2) is 18.2 Å². The molecule has 16 heavy (non-hydrogen) atoms. The Bertz CT molecular complexity index is 375. The Morgan fingerprint density at radius 1 is 1.44 bits per heavy atom. The van der Waals surface area contributed by atoms with E-state index in [1.54, 1.807) is 6.07 Å². The monoisotopic (exact) mass is 222 g/mol. The molecular formula is C12H18N2O2. The number of hydrogen-bond acceptors (Lipinski definition) is 3. The van der Waals surface area contributed by atoms with Crippen LogP contribution in [0.1, 0.15) is 25.8 Å². The molecule has 0 unspecified atom stereocenters. The second-order valence-corrected chi connectivity index (χ2v) is 4.34. The maximum atomic E-state index is 10.8. The standard InChI is InChI=1S/C12H18N2O2/c1-9(2)7-8-13-12-10(3)5-4-6-11(12)14(15)16/h4-6,9,13H,7-8H2,1-3H3. The number of nitro benzene ring substituents is 1.